The van der Waals surface area contributed by atoms with Crippen LogP contribution in [0.5, 0.6) is 11.5 Å². The zero-order valence-corrected chi connectivity index (χ0v) is 16.9. The third-order valence-electron chi connectivity index (χ3n) is 4.59. The fourth-order valence-electron chi connectivity index (χ4n) is 2.96. The highest BCUT2D eigenvalue weighted by molar-refractivity contribution is 6.32. The number of methoxy groups -OCH3 is 1. The summed E-state index contributed by atoms with van der Waals surface area (Å²) < 4.78 is 16.7. The molecule has 4 rings (SSSR count). The standard InChI is InChI=1S/C23H16ClNO5/c1-13-11-19-17(12-18(13)24)20(26)22(30-23(27)15-7-9-25-10-8-15)21(29-19)14-3-5-16(28-2)6-4-14/h3-12H,1-2H3. The number of benzene rings is 2. The van der Waals surface area contributed by atoms with E-state index >= 15 is 0 Å². The fourth-order valence-corrected chi connectivity index (χ4v) is 3.13. The van der Waals surface area contributed by atoms with Crippen LogP contribution in [-0.2, 0) is 0 Å². The van der Waals surface area contributed by atoms with Crippen molar-refractivity contribution >= 4 is 28.5 Å². The number of esters is 1. The molecule has 0 aliphatic rings. The Morgan fingerprint density at radius 3 is 2.43 bits per heavy atom. The van der Waals surface area contributed by atoms with Gasteiger partial charge in [-0.25, -0.2) is 4.79 Å². The summed E-state index contributed by atoms with van der Waals surface area (Å²) in [7, 11) is 1.56. The molecule has 0 aliphatic heterocycles. The zero-order chi connectivity index (χ0) is 21.3. The van der Waals surface area contributed by atoms with E-state index in [0.29, 0.717) is 21.9 Å². The quantitative estimate of drug-likeness (QED) is 0.429. The van der Waals surface area contributed by atoms with E-state index in [1.54, 1.807) is 37.4 Å². The predicted molar refractivity (Wildman–Crippen MR) is 113 cm³/mol. The van der Waals surface area contributed by atoms with E-state index < -0.39 is 11.4 Å². The number of fused-ring (bicyclic) bond motifs is 1. The first-order valence-corrected chi connectivity index (χ1v) is 9.39. The molecule has 0 unspecified atom stereocenters. The van der Waals surface area contributed by atoms with Gasteiger partial charge in [0, 0.05) is 23.0 Å². The molecule has 0 saturated carbocycles. The van der Waals surface area contributed by atoms with Gasteiger partial charge in [0.25, 0.3) is 0 Å². The number of aryl methyl sites for hydroxylation is 1. The molecule has 0 spiro atoms. The first-order chi connectivity index (χ1) is 14.5. The van der Waals surface area contributed by atoms with Gasteiger partial charge in [-0.05, 0) is 61.0 Å². The van der Waals surface area contributed by atoms with Crippen LogP contribution in [0.25, 0.3) is 22.3 Å². The van der Waals surface area contributed by atoms with Crippen LogP contribution in [-0.4, -0.2) is 18.1 Å². The van der Waals surface area contributed by atoms with E-state index in [4.69, 9.17) is 25.5 Å². The number of ether oxygens (including phenoxy) is 2. The lowest BCUT2D eigenvalue weighted by Gasteiger charge is -2.12. The Hall–Kier alpha value is -3.64. The molecular weight excluding hydrogens is 406 g/mol. The Morgan fingerprint density at radius 1 is 1.07 bits per heavy atom. The van der Waals surface area contributed by atoms with Crippen molar-refractivity contribution in [3.63, 3.8) is 0 Å². The second-order valence-electron chi connectivity index (χ2n) is 6.54. The molecule has 0 amide bonds. The molecule has 0 atom stereocenters. The lowest BCUT2D eigenvalue weighted by Crippen LogP contribution is -2.16. The van der Waals surface area contributed by atoms with Crippen LogP contribution in [0.2, 0.25) is 5.02 Å². The molecule has 0 N–H and O–H groups in total. The molecule has 2 aromatic carbocycles. The van der Waals surface area contributed by atoms with Gasteiger partial charge in [-0.1, -0.05) is 11.6 Å². The van der Waals surface area contributed by atoms with Gasteiger partial charge in [-0.2, -0.15) is 0 Å². The van der Waals surface area contributed by atoms with Crippen molar-refractivity contribution in [2.75, 3.05) is 7.11 Å². The number of aromatic nitrogens is 1. The van der Waals surface area contributed by atoms with Gasteiger partial charge in [0.15, 0.2) is 5.76 Å². The van der Waals surface area contributed by atoms with Crippen molar-refractivity contribution in [1.82, 2.24) is 4.98 Å². The Labute approximate surface area is 176 Å². The maximum atomic E-state index is 13.2. The van der Waals surface area contributed by atoms with E-state index in [2.05, 4.69) is 4.98 Å². The minimum atomic E-state index is -0.697. The van der Waals surface area contributed by atoms with Crippen molar-refractivity contribution in [3.05, 3.63) is 87.3 Å². The Bertz CT molecular complexity index is 1300. The van der Waals surface area contributed by atoms with Gasteiger partial charge in [-0.3, -0.25) is 9.78 Å². The second kappa shape index (κ2) is 8.00. The van der Waals surface area contributed by atoms with E-state index in [9.17, 15) is 9.59 Å². The first-order valence-electron chi connectivity index (χ1n) is 9.01. The van der Waals surface area contributed by atoms with Crippen molar-refractivity contribution < 1.29 is 18.7 Å². The summed E-state index contributed by atoms with van der Waals surface area (Å²) in [5, 5.41) is 0.638. The molecule has 0 radical (unpaired) electrons. The van der Waals surface area contributed by atoms with E-state index in [0.717, 1.165) is 5.56 Å². The number of rotatable bonds is 4. The van der Waals surface area contributed by atoms with Crippen LogP contribution >= 0.6 is 11.6 Å². The summed E-state index contributed by atoms with van der Waals surface area (Å²) in [6.45, 7) is 1.81. The molecular formula is C23H16ClNO5. The first kappa shape index (κ1) is 19.7. The largest absolute Gasteiger partial charge is 0.497 e. The monoisotopic (exact) mass is 421 g/mol. The average molecular weight is 422 g/mol. The van der Waals surface area contributed by atoms with Gasteiger partial charge in [0.2, 0.25) is 11.2 Å². The minimum absolute atomic E-state index is 0.138. The molecule has 0 aliphatic carbocycles. The summed E-state index contributed by atoms with van der Waals surface area (Å²) >= 11 is 6.19. The Kier molecular flexibility index (Phi) is 5.25. The third-order valence-corrected chi connectivity index (χ3v) is 5.00. The fraction of sp³-hybridized carbons (Fsp3) is 0.0870. The SMILES string of the molecule is COc1ccc(-c2oc3cc(C)c(Cl)cc3c(=O)c2OC(=O)c2ccncc2)cc1. The smallest absolute Gasteiger partial charge is 0.343 e. The average Bonchev–Trinajstić information content (AvgIpc) is 2.77. The highest BCUT2D eigenvalue weighted by Gasteiger charge is 2.22. The normalized spacial score (nSPS) is 10.8. The van der Waals surface area contributed by atoms with Crippen LogP contribution in [0.4, 0.5) is 0 Å². The van der Waals surface area contributed by atoms with Gasteiger partial charge in [0.05, 0.1) is 18.1 Å². The van der Waals surface area contributed by atoms with E-state index in [1.165, 1.54) is 30.6 Å². The maximum absolute atomic E-state index is 13.2. The minimum Gasteiger partial charge on any atom is -0.497 e. The van der Waals surface area contributed by atoms with E-state index in [1.807, 2.05) is 6.92 Å². The number of halogens is 1. The number of hydrogen-bond acceptors (Lipinski definition) is 6. The highest BCUT2D eigenvalue weighted by Crippen LogP contribution is 2.34. The Morgan fingerprint density at radius 2 is 1.77 bits per heavy atom. The molecule has 6 nitrogen and oxygen atoms in total. The predicted octanol–water partition coefficient (Wildman–Crippen LogP) is 5.04. The van der Waals surface area contributed by atoms with Gasteiger partial charge in [-0.15, -0.1) is 0 Å². The van der Waals surface area contributed by atoms with Crippen LogP contribution < -0.4 is 14.9 Å². The van der Waals surface area contributed by atoms with Gasteiger partial charge in [0.1, 0.15) is 11.3 Å². The number of carbonyl (C=O) groups excluding carboxylic acids is 1. The molecule has 0 fully saturated rings. The van der Waals surface area contributed by atoms with Crippen LogP contribution in [0.15, 0.2) is 70.1 Å². The van der Waals surface area contributed by atoms with Crippen molar-refractivity contribution in [1.29, 1.82) is 0 Å². The second-order valence-corrected chi connectivity index (χ2v) is 6.95. The third kappa shape index (κ3) is 3.65. The zero-order valence-electron chi connectivity index (χ0n) is 16.1. The molecule has 30 heavy (non-hydrogen) atoms. The molecule has 4 aromatic rings. The van der Waals surface area contributed by atoms with Crippen molar-refractivity contribution in [3.8, 4) is 22.8 Å². The topological polar surface area (TPSA) is 78.6 Å². The summed E-state index contributed by atoms with van der Waals surface area (Å²) in [6, 6.07) is 13.1. The molecule has 2 heterocycles. The molecule has 2 aromatic heterocycles. The highest BCUT2D eigenvalue weighted by atomic mass is 35.5. The van der Waals surface area contributed by atoms with Crippen molar-refractivity contribution in [2.24, 2.45) is 0 Å². The Balaban J connectivity index is 1.92. The maximum Gasteiger partial charge on any atom is 0.343 e. The molecule has 150 valence electrons. The summed E-state index contributed by atoms with van der Waals surface area (Å²) in [5.41, 5.74) is 1.42. The molecule has 7 heteroatoms. The molecule has 0 bridgehead atoms. The number of carbonyl (C=O) groups is 1. The van der Waals surface area contributed by atoms with Crippen LogP contribution in [0.3, 0.4) is 0 Å². The van der Waals surface area contributed by atoms with Gasteiger partial charge < -0.3 is 13.9 Å². The number of nitrogens with zero attached hydrogens (tertiary/aromatic N) is 1. The van der Waals surface area contributed by atoms with E-state index in [-0.39, 0.29) is 22.5 Å². The van der Waals surface area contributed by atoms with Gasteiger partial charge >= 0.3 is 5.97 Å². The van der Waals surface area contributed by atoms with Crippen LogP contribution in [0, 0.1) is 6.92 Å². The van der Waals surface area contributed by atoms with Crippen LogP contribution in [0.1, 0.15) is 15.9 Å². The number of hydrogen-bond donors (Lipinski definition) is 0. The molecule has 0 saturated heterocycles. The lowest BCUT2D eigenvalue weighted by atomic mass is 10.1. The number of pyridine rings is 1. The summed E-state index contributed by atoms with van der Waals surface area (Å²) in [4.78, 5) is 29.8. The van der Waals surface area contributed by atoms with Crippen molar-refractivity contribution in [2.45, 2.75) is 6.92 Å². The lowest BCUT2D eigenvalue weighted by molar-refractivity contribution is 0.0731. The summed E-state index contributed by atoms with van der Waals surface area (Å²) in [5.74, 6) is -0.134. The summed E-state index contributed by atoms with van der Waals surface area (Å²) in [6.07, 6.45) is 2.93.